The molecule has 0 aliphatic carbocycles. The normalized spacial score (nSPS) is 18.9. The van der Waals surface area contributed by atoms with E-state index in [4.69, 9.17) is 12.2 Å². The third kappa shape index (κ3) is 2.72. The molecule has 1 atom stereocenters. The second-order valence-electron chi connectivity index (χ2n) is 4.18. The van der Waals surface area contributed by atoms with Gasteiger partial charge in [0, 0.05) is 12.2 Å². The van der Waals surface area contributed by atoms with Gasteiger partial charge in [-0.25, -0.2) is 4.98 Å². The van der Waals surface area contributed by atoms with Gasteiger partial charge in [-0.15, -0.1) is 11.3 Å². The number of hydrogen-bond donors (Lipinski definition) is 2. The van der Waals surface area contributed by atoms with Crippen molar-refractivity contribution in [2.75, 3.05) is 11.9 Å². The van der Waals surface area contributed by atoms with Crippen molar-refractivity contribution in [3.8, 4) is 0 Å². The Kier molecular flexibility index (Phi) is 3.42. The van der Waals surface area contributed by atoms with Crippen LogP contribution in [0.4, 0.5) is 5.69 Å². The highest BCUT2D eigenvalue weighted by Gasteiger charge is 2.28. The number of carbonyl (C=O) groups excluding carboxylic acids is 1. The van der Waals surface area contributed by atoms with E-state index in [-0.39, 0.29) is 11.2 Å². The fourth-order valence-corrected chi connectivity index (χ4v) is 3.95. The van der Waals surface area contributed by atoms with Crippen LogP contribution in [0.2, 0.25) is 0 Å². The minimum Gasteiger partial charge on any atom is -0.383 e. The number of rotatable bonds is 3. The summed E-state index contributed by atoms with van der Waals surface area (Å²) in [6, 6.07) is 6.04. The summed E-state index contributed by atoms with van der Waals surface area (Å²) in [5, 5.41) is 6.83. The molecule has 0 saturated carbocycles. The molecule has 98 valence electrons. The first-order valence-corrected chi connectivity index (χ1v) is 7.85. The van der Waals surface area contributed by atoms with E-state index in [2.05, 4.69) is 21.7 Å². The molecule has 1 aromatic heterocycles. The quantitative estimate of drug-likeness (QED) is 0.853. The highest BCUT2D eigenvalue weighted by atomic mass is 32.2. The Hall–Kier alpha value is -1.18. The highest BCUT2D eigenvalue weighted by molar-refractivity contribution is 8.24. The summed E-state index contributed by atoms with van der Waals surface area (Å²) >= 11 is 8.03. The van der Waals surface area contributed by atoms with Crippen molar-refractivity contribution >= 4 is 61.4 Å². The Labute approximate surface area is 124 Å². The molecule has 1 saturated heterocycles. The second kappa shape index (κ2) is 5.07. The van der Waals surface area contributed by atoms with Gasteiger partial charge < -0.3 is 10.6 Å². The Morgan fingerprint density at radius 1 is 1.53 bits per heavy atom. The zero-order chi connectivity index (χ0) is 13.4. The number of nitrogens with zero attached hydrogens (tertiary/aromatic N) is 1. The Bertz CT molecular complexity index is 667. The molecule has 0 unspecified atom stereocenters. The van der Waals surface area contributed by atoms with Gasteiger partial charge in [-0.3, -0.25) is 4.79 Å². The fraction of sp³-hybridized carbons (Fsp3) is 0.250. The second-order valence-corrected chi connectivity index (χ2v) is 7.29. The molecule has 1 fully saturated rings. The van der Waals surface area contributed by atoms with Crippen LogP contribution < -0.4 is 10.6 Å². The number of hydrogen-bond acceptors (Lipinski definition) is 6. The lowest BCUT2D eigenvalue weighted by molar-refractivity contribution is -0.118. The summed E-state index contributed by atoms with van der Waals surface area (Å²) in [7, 11) is 0. The van der Waals surface area contributed by atoms with Crippen molar-refractivity contribution in [2.24, 2.45) is 0 Å². The fourth-order valence-electron chi connectivity index (χ4n) is 1.89. The molecule has 2 N–H and O–H groups in total. The molecular formula is C12H11N3OS3. The van der Waals surface area contributed by atoms with Gasteiger partial charge in [0.25, 0.3) is 0 Å². The Morgan fingerprint density at radius 2 is 2.37 bits per heavy atom. The Morgan fingerprint density at radius 3 is 3.11 bits per heavy atom. The molecule has 1 aromatic carbocycles. The predicted octanol–water partition coefficient (Wildman–Crippen LogP) is 2.53. The molecule has 2 aromatic rings. The smallest absolute Gasteiger partial charge is 0.240 e. The van der Waals surface area contributed by atoms with Crippen molar-refractivity contribution in [2.45, 2.75) is 12.2 Å². The number of amides is 1. The number of thiazole rings is 1. The van der Waals surface area contributed by atoms with Crippen molar-refractivity contribution in [1.82, 2.24) is 10.3 Å². The van der Waals surface area contributed by atoms with Crippen LogP contribution in [0.5, 0.6) is 0 Å². The van der Waals surface area contributed by atoms with Crippen LogP contribution in [-0.4, -0.2) is 27.0 Å². The van der Waals surface area contributed by atoms with Crippen molar-refractivity contribution in [1.29, 1.82) is 0 Å². The van der Waals surface area contributed by atoms with E-state index < -0.39 is 0 Å². The molecule has 19 heavy (non-hydrogen) atoms. The number of aryl methyl sites for hydroxylation is 1. The van der Waals surface area contributed by atoms with Gasteiger partial charge in [0.15, 0.2) is 0 Å². The van der Waals surface area contributed by atoms with Crippen LogP contribution in [0.15, 0.2) is 18.2 Å². The maximum atomic E-state index is 11.6. The van der Waals surface area contributed by atoms with Gasteiger partial charge in [-0.2, -0.15) is 0 Å². The first kappa shape index (κ1) is 12.8. The van der Waals surface area contributed by atoms with Gasteiger partial charge in [-0.1, -0.05) is 24.0 Å². The summed E-state index contributed by atoms with van der Waals surface area (Å²) in [6.45, 7) is 2.57. The standard InChI is InChI=1S/C12H11N3OS3/c1-6-14-8-3-2-7(4-9(8)18-6)13-5-10-11(16)15-12(17)19-10/h2-4,10,13H,5H2,1H3,(H,15,16,17)/t10-/m1/s1. The molecule has 1 aliphatic heterocycles. The summed E-state index contributed by atoms with van der Waals surface area (Å²) in [5.74, 6) is -0.0165. The zero-order valence-corrected chi connectivity index (χ0v) is 12.5. The molecule has 0 spiro atoms. The lowest BCUT2D eigenvalue weighted by atomic mass is 10.3. The van der Waals surface area contributed by atoms with Gasteiger partial charge in [0.1, 0.15) is 9.57 Å². The average molecular weight is 309 g/mol. The summed E-state index contributed by atoms with van der Waals surface area (Å²) < 4.78 is 1.71. The number of thiocarbonyl (C=S) groups is 1. The Balaban J connectivity index is 1.71. The highest BCUT2D eigenvalue weighted by Crippen LogP contribution is 2.25. The van der Waals surface area contributed by atoms with E-state index in [1.165, 1.54) is 11.8 Å². The SMILES string of the molecule is Cc1nc2ccc(NC[C@H]3SC(=S)NC3=O)cc2s1. The van der Waals surface area contributed by atoms with E-state index in [1.54, 1.807) is 11.3 Å². The van der Waals surface area contributed by atoms with E-state index >= 15 is 0 Å². The monoisotopic (exact) mass is 309 g/mol. The average Bonchev–Trinajstić information content (AvgIpc) is 2.87. The number of nitrogens with one attached hydrogen (secondary N) is 2. The van der Waals surface area contributed by atoms with Crippen LogP contribution in [0.1, 0.15) is 5.01 Å². The van der Waals surface area contributed by atoms with Gasteiger partial charge in [-0.05, 0) is 25.1 Å². The van der Waals surface area contributed by atoms with Crippen LogP contribution in [0, 0.1) is 6.92 Å². The number of anilines is 1. The number of benzene rings is 1. The van der Waals surface area contributed by atoms with Crippen LogP contribution in [0.3, 0.4) is 0 Å². The molecular weight excluding hydrogens is 298 g/mol. The largest absolute Gasteiger partial charge is 0.383 e. The molecule has 3 rings (SSSR count). The maximum Gasteiger partial charge on any atom is 0.240 e. The van der Waals surface area contributed by atoms with E-state index in [9.17, 15) is 4.79 Å². The lowest BCUT2D eigenvalue weighted by Gasteiger charge is -2.08. The molecule has 7 heteroatoms. The van der Waals surface area contributed by atoms with Gasteiger partial charge in [0.05, 0.1) is 15.2 Å². The summed E-state index contributed by atoms with van der Waals surface area (Å²) in [5.41, 5.74) is 2.02. The molecule has 0 bridgehead atoms. The number of aromatic nitrogens is 1. The summed E-state index contributed by atoms with van der Waals surface area (Å²) in [4.78, 5) is 16.0. The van der Waals surface area contributed by atoms with E-state index in [0.29, 0.717) is 10.9 Å². The number of thioether (sulfide) groups is 1. The first-order valence-electron chi connectivity index (χ1n) is 5.74. The van der Waals surface area contributed by atoms with Crippen molar-refractivity contribution in [3.63, 3.8) is 0 Å². The zero-order valence-electron chi connectivity index (χ0n) is 10.1. The number of fused-ring (bicyclic) bond motifs is 1. The molecule has 1 amide bonds. The predicted molar refractivity (Wildman–Crippen MR) is 85.0 cm³/mol. The van der Waals surface area contributed by atoms with Crippen LogP contribution in [0.25, 0.3) is 10.2 Å². The minimum absolute atomic E-state index is 0.0165. The number of carbonyl (C=O) groups is 1. The van der Waals surface area contributed by atoms with Crippen molar-refractivity contribution in [3.05, 3.63) is 23.2 Å². The van der Waals surface area contributed by atoms with Gasteiger partial charge >= 0.3 is 0 Å². The molecule has 2 heterocycles. The molecule has 4 nitrogen and oxygen atoms in total. The maximum absolute atomic E-state index is 11.6. The summed E-state index contributed by atoms with van der Waals surface area (Å²) in [6.07, 6.45) is 0. The van der Waals surface area contributed by atoms with Crippen LogP contribution >= 0.6 is 35.3 Å². The van der Waals surface area contributed by atoms with E-state index in [1.807, 2.05) is 19.1 Å². The lowest BCUT2D eigenvalue weighted by Crippen LogP contribution is -2.28. The van der Waals surface area contributed by atoms with Crippen molar-refractivity contribution < 1.29 is 4.79 Å². The first-order chi connectivity index (χ1) is 9.11. The van der Waals surface area contributed by atoms with Crippen LogP contribution in [-0.2, 0) is 4.79 Å². The third-order valence-electron chi connectivity index (χ3n) is 2.75. The third-order valence-corrected chi connectivity index (χ3v) is 5.06. The molecule has 1 aliphatic rings. The van der Waals surface area contributed by atoms with E-state index in [0.717, 1.165) is 20.9 Å². The molecule has 0 radical (unpaired) electrons. The van der Waals surface area contributed by atoms with Gasteiger partial charge in [0.2, 0.25) is 5.91 Å². The topological polar surface area (TPSA) is 54.0 Å². The minimum atomic E-state index is -0.147.